The Hall–Kier alpha value is -1.20. The summed E-state index contributed by atoms with van der Waals surface area (Å²) in [4.78, 5) is 0. The predicted octanol–water partition coefficient (Wildman–Crippen LogP) is 2.52. The fraction of sp³-hybridized carbons (Fsp3) is 0.182. The lowest BCUT2D eigenvalue weighted by Gasteiger charge is -2.11. The third-order valence-corrected chi connectivity index (χ3v) is 2.64. The van der Waals surface area contributed by atoms with E-state index in [4.69, 9.17) is 0 Å². The highest BCUT2D eigenvalue weighted by atomic mass is 79.9. The van der Waals surface area contributed by atoms with Gasteiger partial charge in [-0.25, -0.2) is 4.39 Å². The first-order chi connectivity index (χ1) is 7.66. The van der Waals surface area contributed by atoms with Gasteiger partial charge in [-0.2, -0.15) is 5.10 Å². The van der Waals surface area contributed by atoms with Crippen molar-refractivity contribution < 1.29 is 9.50 Å². The monoisotopic (exact) mass is 284 g/mol. The number of rotatable bonds is 3. The standard InChI is InChI=1S/C11H10BrFN2O/c12-8-5-14-15(6-8)7-11(16)9-3-1-2-4-10(9)13/h1-6,11,16H,7H2/t11-/m1/s1. The zero-order valence-corrected chi connectivity index (χ0v) is 9.93. The van der Waals surface area contributed by atoms with E-state index in [1.165, 1.54) is 6.07 Å². The van der Waals surface area contributed by atoms with Crippen LogP contribution in [0.1, 0.15) is 11.7 Å². The second-order valence-corrected chi connectivity index (χ2v) is 4.33. The molecule has 0 spiro atoms. The summed E-state index contributed by atoms with van der Waals surface area (Å²) in [6.45, 7) is 0.229. The fourth-order valence-corrected chi connectivity index (χ4v) is 1.79. The van der Waals surface area contributed by atoms with Gasteiger partial charge in [-0.05, 0) is 22.0 Å². The Morgan fingerprint density at radius 2 is 2.19 bits per heavy atom. The van der Waals surface area contributed by atoms with Gasteiger partial charge in [-0.15, -0.1) is 0 Å². The highest BCUT2D eigenvalue weighted by molar-refractivity contribution is 9.10. The van der Waals surface area contributed by atoms with Crippen LogP contribution in [0.3, 0.4) is 0 Å². The van der Waals surface area contributed by atoms with Crippen LogP contribution in [0.4, 0.5) is 4.39 Å². The lowest BCUT2D eigenvalue weighted by atomic mass is 10.1. The smallest absolute Gasteiger partial charge is 0.129 e. The topological polar surface area (TPSA) is 38.0 Å². The molecule has 3 nitrogen and oxygen atoms in total. The molecule has 84 valence electrons. The molecule has 0 aliphatic rings. The Balaban J connectivity index is 2.14. The second kappa shape index (κ2) is 4.76. The summed E-state index contributed by atoms with van der Waals surface area (Å²) in [7, 11) is 0. The average molecular weight is 285 g/mol. The van der Waals surface area contributed by atoms with E-state index in [9.17, 15) is 9.50 Å². The summed E-state index contributed by atoms with van der Waals surface area (Å²) in [5.74, 6) is -0.402. The third kappa shape index (κ3) is 2.48. The van der Waals surface area contributed by atoms with Gasteiger partial charge in [0.1, 0.15) is 11.9 Å². The van der Waals surface area contributed by atoms with Crippen molar-refractivity contribution in [3.8, 4) is 0 Å². The molecule has 0 amide bonds. The lowest BCUT2D eigenvalue weighted by molar-refractivity contribution is 0.147. The number of aliphatic hydroxyl groups is 1. The third-order valence-electron chi connectivity index (χ3n) is 2.23. The van der Waals surface area contributed by atoms with Gasteiger partial charge in [0.25, 0.3) is 0 Å². The molecule has 0 saturated carbocycles. The lowest BCUT2D eigenvalue weighted by Crippen LogP contribution is -2.10. The van der Waals surface area contributed by atoms with E-state index in [-0.39, 0.29) is 12.1 Å². The zero-order chi connectivity index (χ0) is 11.5. The van der Waals surface area contributed by atoms with Gasteiger partial charge in [0.2, 0.25) is 0 Å². The van der Waals surface area contributed by atoms with Gasteiger partial charge >= 0.3 is 0 Å². The molecule has 2 rings (SSSR count). The number of hydrogen-bond acceptors (Lipinski definition) is 2. The van der Waals surface area contributed by atoms with Crippen LogP contribution in [0.5, 0.6) is 0 Å². The molecular formula is C11H10BrFN2O. The fourth-order valence-electron chi connectivity index (χ4n) is 1.46. The summed E-state index contributed by atoms with van der Waals surface area (Å²) in [5.41, 5.74) is 0.286. The number of nitrogens with zero attached hydrogens (tertiary/aromatic N) is 2. The maximum absolute atomic E-state index is 13.3. The van der Waals surface area contributed by atoms with Gasteiger partial charge in [0, 0.05) is 11.8 Å². The Kier molecular flexibility index (Phi) is 3.36. The van der Waals surface area contributed by atoms with Crippen molar-refractivity contribution in [1.29, 1.82) is 0 Å². The minimum absolute atomic E-state index is 0.229. The van der Waals surface area contributed by atoms with E-state index in [1.807, 2.05) is 0 Å². The van der Waals surface area contributed by atoms with Crippen LogP contribution in [-0.2, 0) is 6.54 Å². The van der Waals surface area contributed by atoms with Gasteiger partial charge in [0.05, 0.1) is 17.2 Å². The largest absolute Gasteiger partial charge is 0.386 e. The van der Waals surface area contributed by atoms with Crippen LogP contribution in [0.25, 0.3) is 0 Å². The van der Waals surface area contributed by atoms with Crippen molar-refractivity contribution in [2.45, 2.75) is 12.6 Å². The number of hydrogen-bond donors (Lipinski definition) is 1. The molecule has 0 aliphatic carbocycles. The summed E-state index contributed by atoms with van der Waals surface area (Å²) in [6.07, 6.45) is 2.45. The molecule has 1 heterocycles. The summed E-state index contributed by atoms with van der Waals surface area (Å²) < 4.78 is 15.7. The first-order valence-corrected chi connectivity index (χ1v) is 5.56. The molecular weight excluding hydrogens is 275 g/mol. The van der Waals surface area contributed by atoms with Gasteiger partial charge in [0.15, 0.2) is 0 Å². The number of benzene rings is 1. The van der Waals surface area contributed by atoms with E-state index in [1.54, 1.807) is 35.3 Å². The van der Waals surface area contributed by atoms with Crippen molar-refractivity contribution in [1.82, 2.24) is 9.78 Å². The van der Waals surface area contributed by atoms with Crippen LogP contribution >= 0.6 is 15.9 Å². The normalized spacial score (nSPS) is 12.7. The predicted molar refractivity (Wildman–Crippen MR) is 61.3 cm³/mol. The number of halogens is 2. The minimum atomic E-state index is -0.895. The van der Waals surface area contributed by atoms with Crippen molar-refractivity contribution in [3.05, 3.63) is 52.5 Å². The Morgan fingerprint density at radius 3 is 2.81 bits per heavy atom. The van der Waals surface area contributed by atoms with E-state index < -0.39 is 11.9 Å². The van der Waals surface area contributed by atoms with E-state index in [0.717, 1.165) is 4.47 Å². The van der Waals surface area contributed by atoms with Gasteiger partial charge in [-0.3, -0.25) is 4.68 Å². The van der Waals surface area contributed by atoms with Crippen LogP contribution in [-0.4, -0.2) is 14.9 Å². The summed E-state index contributed by atoms with van der Waals surface area (Å²) in [6, 6.07) is 6.19. The molecule has 0 saturated heterocycles. The molecule has 1 atom stereocenters. The van der Waals surface area contributed by atoms with Gasteiger partial charge < -0.3 is 5.11 Å². The Morgan fingerprint density at radius 1 is 1.44 bits per heavy atom. The van der Waals surface area contributed by atoms with Gasteiger partial charge in [-0.1, -0.05) is 18.2 Å². The molecule has 0 aliphatic heterocycles. The maximum atomic E-state index is 13.3. The highest BCUT2D eigenvalue weighted by Gasteiger charge is 2.12. The van der Waals surface area contributed by atoms with Crippen molar-refractivity contribution in [3.63, 3.8) is 0 Å². The van der Waals surface area contributed by atoms with E-state index >= 15 is 0 Å². The molecule has 0 bridgehead atoms. The zero-order valence-electron chi connectivity index (χ0n) is 8.35. The molecule has 1 aromatic carbocycles. The number of aliphatic hydroxyl groups excluding tert-OH is 1. The van der Waals surface area contributed by atoms with Crippen LogP contribution in [0.2, 0.25) is 0 Å². The van der Waals surface area contributed by atoms with Crippen LogP contribution < -0.4 is 0 Å². The molecule has 16 heavy (non-hydrogen) atoms. The van der Waals surface area contributed by atoms with Crippen molar-refractivity contribution in [2.24, 2.45) is 0 Å². The molecule has 5 heteroatoms. The van der Waals surface area contributed by atoms with E-state index in [0.29, 0.717) is 0 Å². The SMILES string of the molecule is O[C@H](Cn1cc(Br)cn1)c1ccccc1F. The molecule has 0 unspecified atom stereocenters. The number of aromatic nitrogens is 2. The van der Waals surface area contributed by atoms with E-state index in [2.05, 4.69) is 21.0 Å². The second-order valence-electron chi connectivity index (χ2n) is 3.42. The van der Waals surface area contributed by atoms with Crippen molar-refractivity contribution >= 4 is 15.9 Å². The van der Waals surface area contributed by atoms with Crippen molar-refractivity contribution in [2.75, 3.05) is 0 Å². The molecule has 1 N–H and O–H groups in total. The average Bonchev–Trinajstić information content (AvgIpc) is 2.64. The quantitative estimate of drug-likeness (QED) is 0.941. The Labute approximate surface area is 101 Å². The molecule has 0 radical (unpaired) electrons. The maximum Gasteiger partial charge on any atom is 0.129 e. The highest BCUT2D eigenvalue weighted by Crippen LogP contribution is 2.18. The molecule has 0 fully saturated rings. The summed E-state index contributed by atoms with van der Waals surface area (Å²) >= 11 is 3.25. The minimum Gasteiger partial charge on any atom is -0.386 e. The first-order valence-electron chi connectivity index (χ1n) is 4.77. The molecule has 2 aromatic rings. The van der Waals surface area contributed by atoms with Crippen LogP contribution in [0, 0.1) is 5.82 Å². The summed E-state index contributed by atoms with van der Waals surface area (Å²) in [5, 5.41) is 13.8. The van der Waals surface area contributed by atoms with Crippen LogP contribution in [0.15, 0.2) is 41.1 Å². The molecule has 1 aromatic heterocycles. The Bertz CT molecular complexity index is 486. The first kappa shape index (κ1) is 11.3.